The third-order valence-corrected chi connectivity index (χ3v) is 5.31. The molecule has 1 amide bonds. The van der Waals surface area contributed by atoms with Gasteiger partial charge in [0.25, 0.3) is 5.91 Å². The van der Waals surface area contributed by atoms with Crippen molar-refractivity contribution in [2.75, 3.05) is 5.32 Å². The van der Waals surface area contributed by atoms with Crippen molar-refractivity contribution in [2.24, 2.45) is 0 Å². The molecule has 0 unspecified atom stereocenters. The summed E-state index contributed by atoms with van der Waals surface area (Å²) in [6.45, 7) is 3.25. The number of fused-ring (bicyclic) bond motifs is 1. The smallest absolute Gasteiger partial charge is 0.416 e. The van der Waals surface area contributed by atoms with Crippen LogP contribution in [0.2, 0.25) is 0 Å². The van der Waals surface area contributed by atoms with Gasteiger partial charge >= 0.3 is 12.1 Å². The van der Waals surface area contributed by atoms with Crippen LogP contribution in [0.5, 0.6) is 0 Å². The van der Waals surface area contributed by atoms with Gasteiger partial charge in [0, 0.05) is 22.6 Å². The first kappa shape index (κ1) is 20.5. The molecule has 1 aromatic heterocycles. The second-order valence-electron chi connectivity index (χ2n) is 7.29. The predicted molar refractivity (Wildman–Crippen MR) is 111 cm³/mol. The molecule has 1 aliphatic rings. The number of amides is 1. The van der Waals surface area contributed by atoms with E-state index in [1.54, 1.807) is 38.1 Å². The maximum Gasteiger partial charge on any atom is 0.416 e. The summed E-state index contributed by atoms with van der Waals surface area (Å²) in [5.74, 6) is -1.50. The van der Waals surface area contributed by atoms with Crippen LogP contribution in [0, 0.1) is 13.8 Å². The Kier molecular flexibility index (Phi) is 4.72. The highest BCUT2D eigenvalue weighted by atomic mass is 19.4. The summed E-state index contributed by atoms with van der Waals surface area (Å²) in [4.78, 5) is 27.2. The Balaban J connectivity index is 1.90. The van der Waals surface area contributed by atoms with Gasteiger partial charge in [-0.25, -0.2) is 4.79 Å². The SMILES string of the molecule is Cc1[nH]c(/C=C2\C(=O)Nc3cccc(-c4cccc(C(F)(F)F)c4)c32)c(C)c1C(=O)O. The Hall–Kier alpha value is -3.81. The Morgan fingerprint density at radius 1 is 1.10 bits per heavy atom. The number of aryl methyl sites for hydroxylation is 1. The summed E-state index contributed by atoms with van der Waals surface area (Å²) < 4.78 is 39.6. The molecule has 0 aliphatic carbocycles. The number of hydrogen-bond acceptors (Lipinski definition) is 2. The van der Waals surface area contributed by atoms with Gasteiger partial charge in [-0.15, -0.1) is 0 Å². The Bertz CT molecular complexity index is 1270. The van der Waals surface area contributed by atoms with Crippen molar-refractivity contribution in [2.45, 2.75) is 20.0 Å². The third-order valence-electron chi connectivity index (χ3n) is 5.31. The zero-order valence-electron chi connectivity index (χ0n) is 16.5. The van der Waals surface area contributed by atoms with Gasteiger partial charge in [0.1, 0.15) is 0 Å². The molecule has 8 heteroatoms. The van der Waals surface area contributed by atoms with Gasteiger partial charge in [-0.3, -0.25) is 4.79 Å². The van der Waals surface area contributed by atoms with Crippen LogP contribution >= 0.6 is 0 Å². The minimum absolute atomic E-state index is 0.122. The van der Waals surface area contributed by atoms with Gasteiger partial charge in [0.05, 0.1) is 16.7 Å². The van der Waals surface area contributed by atoms with Crippen LogP contribution < -0.4 is 5.32 Å². The van der Waals surface area contributed by atoms with Gasteiger partial charge in [0.15, 0.2) is 0 Å². The van der Waals surface area contributed by atoms with E-state index >= 15 is 0 Å². The van der Waals surface area contributed by atoms with E-state index in [1.807, 2.05) is 0 Å². The van der Waals surface area contributed by atoms with Crippen molar-refractivity contribution in [3.8, 4) is 11.1 Å². The second kappa shape index (κ2) is 7.16. The molecule has 0 saturated carbocycles. The molecule has 0 radical (unpaired) electrons. The summed E-state index contributed by atoms with van der Waals surface area (Å²) in [5, 5.41) is 12.1. The van der Waals surface area contributed by atoms with Crippen LogP contribution in [0.25, 0.3) is 22.8 Å². The molecule has 0 saturated heterocycles. The largest absolute Gasteiger partial charge is 0.478 e. The lowest BCUT2D eigenvalue weighted by Crippen LogP contribution is -2.04. The Morgan fingerprint density at radius 2 is 1.81 bits per heavy atom. The standard InChI is InChI=1S/C23H17F3N2O3/c1-11-18(27-12(2)19(11)22(30)31)10-16-20-15(7-4-8-17(20)28-21(16)29)13-5-3-6-14(9-13)23(24,25)26/h3-10,27H,1-2H3,(H,28,29)(H,30,31)/b16-10-. The molecule has 2 heterocycles. The van der Waals surface area contributed by atoms with E-state index in [1.165, 1.54) is 12.1 Å². The number of aromatic carboxylic acids is 1. The molecule has 0 fully saturated rings. The number of carbonyl (C=O) groups excluding carboxylic acids is 1. The molecule has 2 aromatic carbocycles. The van der Waals surface area contributed by atoms with E-state index in [2.05, 4.69) is 10.3 Å². The van der Waals surface area contributed by atoms with Crippen LogP contribution in [-0.2, 0) is 11.0 Å². The molecule has 1 aliphatic heterocycles. The van der Waals surface area contributed by atoms with Crippen molar-refractivity contribution < 1.29 is 27.9 Å². The van der Waals surface area contributed by atoms with E-state index in [-0.39, 0.29) is 11.1 Å². The molecular formula is C23H17F3N2O3. The number of rotatable bonds is 3. The highest BCUT2D eigenvalue weighted by molar-refractivity contribution is 6.36. The van der Waals surface area contributed by atoms with Crippen molar-refractivity contribution in [1.82, 2.24) is 4.98 Å². The van der Waals surface area contributed by atoms with Gasteiger partial charge in [-0.2, -0.15) is 13.2 Å². The predicted octanol–water partition coefficient (Wildman–Crippen LogP) is 5.51. The van der Waals surface area contributed by atoms with Crippen molar-refractivity contribution >= 4 is 29.2 Å². The normalized spacial score (nSPS) is 14.6. The number of anilines is 1. The van der Waals surface area contributed by atoms with Crippen LogP contribution in [0.4, 0.5) is 18.9 Å². The van der Waals surface area contributed by atoms with Gasteiger partial charge in [-0.05, 0) is 54.8 Å². The van der Waals surface area contributed by atoms with Crippen molar-refractivity contribution in [3.05, 3.63) is 76.1 Å². The topological polar surface area (TPSA) is 82.2 Å². The van der Waals surface area contributed by atoms with Crippen LogP contribution in [-0.4, -0.2) is 22.0 Å². The quantitative estimate of drug-likeness (QED) is 0.483. The molecule has 0 spiro atoms. The summed E-state index contributed by atoms with van der Waals surface area (Å²) in [6, 6.07) is 9.89. The average molecular weight is 426 g/mol. The van der Waals surface area contributed by atoms with Crippen molar-refractivity contribution in [3.63, 3.8) is 0 Å². The number of aromatic nitrogens is 1. The minimum Gasteiger partial charge on any atom is -0.478 e. The maximum atomic E-state index is 13.2. The van der Waals surface area contributed by atoms with E-state index in [0.29, 0.717) is 39.3 Å². The lowest BCUT2D eigenvalue weighted by atomic mass is 9.93. The van der Waals surface area contributed by atoms with Crippen LogP contribution in [0.3, 0.4) is 0 Å². The third kappa shape index (κ3) is 3.50. The number of aromatic amines is 1. The number of carboxylic acid groups (broad SMARTS) is 1. The van der Waals surface area contributed by atoms with E-state index in [4.69, 9.17) is 0 Å². The monoisotopic (exact) mass is 426 g/mol. The summed E-state index contributed by atoms with van der Waals surface area (Å²) in [6.07, 6.45) is -2.96. The van der Waals surface area contributed by atoms with Gasteiger partial charge < -0.3 is 15.4 Å². The molecule has 3 aromatic rings. The molecule has 158 valence electrons. The Morgan fingerprint density at radius 3 is 2.45 bits per heavy atom. The number of benzene rings is 2. The summed E-state index contributed by atoms with van der Waals surface area (Å²) in [5.41, 5.74) is 2.67. The van der Waals surface area contributed by atoms with Crippen molar-refractivity contribution in [1.29, 1.82) is 0 Å². The fourth-order valence-corrected chi connectivity index (χ4v) is 3.87. The van der Waals surface area contributed by atoms with Crippen LogP contribution in [0.15, 0.2) is 42.5 Å². The molecule has 3 N–H and O–H groups in total. The maximum absolute atomic E-state index is 13.2. The minimum atomic E-state index is -4.49. The summed E-state index contributed by atoms with van der Waals surface area (Å²) >= 11 is 0. The zero-order valence-corrected chi connectivity index (χ0v) is 16.5. The number of halogens is 3. The number of carbonyl (C=O) groups is 2. The highest BCUT2D eigenvalue weighted by Crippen LogP contribution is 2.42. The fraction of sp³-hybridized carbons (Fsp3) is 0.130. The van der Waals surface area contributed by atoms with Gasteiger partial charge in [0.2, 0.25) is 0 Å². The lowest BCUT2D eigenvalue weighted by molar-refractivity contribution is -0.137. The first-order valence-corrected chi connectivity index (χ1v) is 9.34. The number of H-pyrrole nitrogens is 1. The average Bonchev–Trinajstić information content (AvgIpc) is 3.16. The van der Waals surface area contributed by atoms with E-state index in [9.17, 15) is 27.9 Å². The number of hydrogen-bond donors (Lipinski definition) is 3. The molecule has 31 heavy (non-hydrogen) atoms. The second-order valence-corrected chi connectivity index (χ2v) is 7.29. The summed E-state index contributed by atoms with van der Waals surface area (Å²) in [7, 11) is 0. The fourth-order valence-electron chi connectivity index (χ4n) is 3.87. The Labute approximate surface area is 175 Å². The molecule has 4 rings (SSSR count). The first-order chi connectivity index (χ1) is 14.6. The number of alkyl halides is 3. The van der Waals surface area contributed by atoms with Crippen LogP contribution in [0.1, 0.15) is 38.4 Å². The highest BCUT2D eigenvalue weighted by Gasteiger charge is 2.32. The molecule has 5 nitrogen and oxygen atoms in total. The number of nitrogens with one attached hydrogen (secondary N) is 2. The molecular weight excluding hydrogens is 409 g/mol. The first-order valence-electron chi connectivity index (χ1n) is 9.34. The van der Waals surface area contributed by atoms with E-state index < -0.39 is 23.6 Å². The molecule has 0 atom stereocenters. The zero-order chi connectivity index (χ0) is 22.5. The lowest BCUT2D eigenvalue weighted by Gasteiger charge is -2.12. The molecule has 0 bridgehead atoms. The van der Waals surface area contributed by atoms with Gasteiger partial charge in [-0.1, -0.05) is 24.3 Å². The number of carboxylic acids is 1. The van der Waals surface area contributed by atoms with E-state index in [0.717, 1.165) is 12.1 Å².